The van der Waals surface area contributed by atoms with Gasteiger partial charge in [0.1, 0.15) is 0 Å². The standard InChI is InChI=1S/3C12H10N2O.ClH.Nd/c3*15-14-12(10-6-2-1-3-7-10)11-8-4-5-9-13-11;;/h3*1-9,15H;1H;/q;;;;+3/p-4/b3*14-12+;;. The van der Waals surface area contributed by atoms with Crippen LogP contribution in [-0.2, 0) is 0 Å². The zero-order chi connectivity index (χ0) is 31.5. The molecule has 9 nitrogen and oxygen atoms in total. The minimum Gasteiger partial charge on any atom is -1.00 e. The Hall–Kier alpha value is -4.84. The van der Waals surface area contributed by atoms with Gasteiger partial charge >= 0.3 is 40.8 Å². The summed E-state index contributed by atoms with van der Waals surface area (Å²) in [6, 6.07) is 44.1. The Morgan fingerprint density at radius 1 is 0.362 bits per heavy atom. The number of hydrogen-bond acceptors (Lipinski definition) is 9. The summed E-state index contributed by atoms with van der Waals surface area (Å²) in [5, 5.41) is 41.4. The van der Waals surface area contributed by atoms with Crippen LogP contribution in [0.5, 0.6) is 0 Å². The molecule has 0 aliphatic rings. The van der Waals surface area contributed by atoms with E-state index in [1.807, 2.05) is 109 Å². The maximum Gasteiger partial charge on any atom is 3.00 e. The smallest absolute Gasteiger partial charge is 1.00 e. The summed E-state index contributed by atoms with van der Waals surface area (Å²) in [4.78, 5) is 12.3. The molecule has 0 aliphatic carbocycles. The molecule has 47 heavy (non-hydrogen) atoms. The third kappa shape index (κ3) is 11.8. The van der Waals surface area contributed by atoms with Crippen LogP contribution < -0.4 is 12.4 Å². The van der Waals surface area contributed by atoms with Crippen LogP contribution in [0.15, 0.2) is 180 Å². The number of rotatable bonds is 6. The first kappa shape index (κ1) is 38.3. The minimum absolute atomic E-state index is 0. The SMILES string of the molecule is [Cl-].[Nd+3].[O-]/N=C(\c1ccccc1)c1ccccn1.[O-]/N=C(\c1ccccc1)c1ccccn1.[O-]/N=C(\c1ccccc1)c1ccccn1. The Morgan fingerprint density at radius 3 is 0.787 bits per heavy atom. The van der Waals surface area contributed by atoms with Gasteiger partial charge in [-0.25, -0.2) is 0 Å². The van der Waals surface area contributed by atoms with Crippen LogP contribution in [0.3, 0.4) is 0 Å². The van der Waals surface area contributed by atoms with Gasteiger partial charge in [-0.2, -0.15) is 0 Å². The summed E-state index contributed by atoms with van der Waals surface area (Å²) in [6.45, 7) is 0. The normalized spacial score (nSPS) is 10.9. The summed E-state index contributed by atoms with van der Waals surface area (Å²) < 4.78 is 0. The van der Waals surface area contributed by atoms with Gasteiger partial charge in [0.2, 0.25) is 0 Å². The number of hydrogen-bond donors (Lipinski definition) is 0. The number of nitrogens with zero attached hydrogens (tertiary/aromatic N) is 6. The molecule has 6 aromatic rings. The molecule has 1 radical (unpaired) electrons. The summed E-state index contributed by atoms with van der Waals surface area (Å²) in [5.74, 6) is 0. The largest absolute Gasteiger partial charge is 3.00 e. The molecule has 0 amide bonds. The summed E-state index contributed by atoms with van der Waals surface area (Å²) in [7, 11) is 0. The third-order valence-corrected chi connectivity index (χ3v) is 6.14. The maximum absolute atomic E-state index is 10.8. The third-order valence-electron chi connectivity index (χ3n) is 6.14. The van der Waals surface area contributed by atoms with E-state index < -0.39 is 0 Å². The summed E-state index contributed by atoms with van der Waals surface area (Å²) in [6.07, 6.45) is 4.93. The van der Waals surface area contributed by atoms with Crippen LogP contribution in [0.4, 0.5) is 0 Å². The van der Waals surface area contributed by atoms with E-state index in [1.54, 1.807) is 55.0 Å². The van der Waals surface area contributed by atoms with Crippen molar-refractivity contribution in [3.8, 4) is 0 Å². The van der Waals surface area contributed by atoms with E-state index in [-0.39, 0.29) is 53.2 Å². The van der Waals surface area contributed by atoms with Crippen LogP contribution >= 0.6 is 0 Å². The first-order valence-corrected chi connectivity index (χ1v) is 13.8. The molecule has 0 aliphatic heterocycles. The second-order valence-electron chi connectivity index (χ2n) is 9.06. The molecule has 0 fully saturated rings. The summed E-state index contributed by atoms with van der Waals surface area (Å²) >= 11 is 0. The van der Waals surface area contributed by atoms with Crippen molar-refractivity contribution >= 4 is 17.1 Å². The van der Waals surface area contributed by atoms with Gasteiger partial charge in [0.05, 0.1) is 34.2 Å². The molecule has 6 rings (SSSR count). The van der Waals surface area contributed by atoms with E-state index in [0.29, 0.717) is 34.2 Å². The van der Waals surface area contributed by atoms with Crippen molar-refractivity contribution in [3.05, 3.63) is 214 Å². The van der Waals surface area contributed by atoms with Crippen LogP contribution in [0, 0.1) is 56.5 Å². The molecule has 0 saturated carbocycles. The molecule has 3 aromatic heterocycles. The fraction of sp³-hybridized carbons (Fsp3) is 0. The summed E-state index contributed by atoms with van der Waals surface area (Å²) in [5.41, 5.74) is 5.25. The fourth-order valence-corrected chi connectivity index (χ4v) is 4.04. The maximum atomic E-state index is 10.8. The van der Waals surface area contributed by atoms with Crippen molar-refractivity contribution in [1.29, 1.82) is 0 Å². The first-order chi connectivity index (χ1) is 22.2. The number of aromatic nitrogens is 3. The minimum atomic E-state index is 0. The Kier molecular flexibility index (Phi) is 17.8. The quantitative estimate of drug-likeness (QED) is 0.183. The van der Waals surface area contributed by atoms with Gasteiger partial charge in [0, 0.05) is 35.3 Å². The van der Waals surface area contributed by atoms with Gasteiger partial charge in [-0.3, -0.25) is 15.0 Å². The molecular formula is C36H27ClN6NdO3-. The van der Waals surface area contributed by atoms with E-state index in [2.05, 4.69) is 30.4 Å². The molecular weight excluding hydrogens is 744 g/mol. The molecule has 3 aromatic carbocycles. The van der Waals surface area contributed by atoms with Gasteiger partial charge in [0.15, 0.2) is 0 Å². The first-order valence-electron chi connectivity index (χ1n) is 13.8. The molecule has 0 spiro atoms. The molecule has 0 atom stereocenters. The van der Waals surface area contributed by atoms with E-state index in [1.165, 1.54) is 0 Å². The van der Waals surface area contributed by atoms with Crippen LogP contribution in [0.1, 0.15) is 33.8 Å². The van der Waals surface area contributed by atoms with Crippen LogP contribution in [0.2, 0.25) is 0 Å². The molecule has 3 heterocycles. The number of halogens is 1. The van der Waals surface area contributed by atoms with Crippen LogP contribution in [0.25, 0.3) is 0 Å². The van der Waals surface area contributed by atoms with Crippen LogP contribution in [-0.4, -0.2) is 32.1 Å². The number of pyridine rings is 3. The zero-order valence-electron chi connectivity index (χ0n) is 24.9. The predicted molar refractivity (Wildman–Crippen MR) is 179 cm³/mol. The Bertz CT molecular complexity index is 1460. The molecule has 0 saturated heterocycles. The van der Waals surface area contributed by atoms with Gasteiger partial charge in [-0.15, -0.1) is 0 Å². The molecule has 231 valence electrons. The zero-order valence-corrected chi connectivity index (χ0v) is 28.8. The molecule has 11 heteroatoms. The van der Waals surface area contributed by atoms with E-state index >= 15 is 0 Å². The van der Waals surface area contributed by atoms with E-state index in [0.717, 1.165) is 16.7 Å². The van der Waals surface area contributed by atoms with Crippen molar-refractivity contribution in [2.45, 2.75) is 0 Å². The van der Waals surface area contributed by atoms with Gasteiger partial charge in [-0.05, 0) is 36.4 Å². The van der Waals surface area contributed by atoms with E-state index in [9.17, 15) is 15.6 Å². The van der Waals surface area contributed by atoms with Gasteiger partial charge in [-0.1, -0.05) is 109 Å². The van der Waals surface area contributed by atoms with Crippen molar-refractivity contribution in [1.82, 2.24) is 15.0 Å². The Morgan fingerprint density at radius 2 is 0.596 bits per heavy atom. The van der Waals surface area contributed by atoms with E-state index in [4.69, 9.17) is 0 Å². The monoisotopic (exact) mass is 768 g/mol. The predicted octanol–water partition coefficient (Wildman–Crippen LogP) is 4.25. The average molecular weight is 771 g/mol. The topological polar surface area (TPSA) is 145 Å². The molecule has 0 N–H and O–H groups in total. The molecule has 0 bridgehead atoms. The van der Waals surface area contributed by atoms with Gasteiger partial charge in [0.25, 0.3) is 0 Å². The Balaban J connectivity index is 0.000000240. The fourth-order valence-electron chi connectivity index (χ4n) is 4.04. The second-order valence-corrected chi connectivity index (χ2v) is 9.06. The van der Waals surface area contributed by atoms with Crippen molar-refractivity contribution in [2.75, 3.05) is 0 Å². The van der Waals surface area contributed by atoms with Gasteiger partial charge < -0.3 is 43.5 Å². The Labute approximate surface area is 312 Å². The average Bonchev–Trinajstić information content (AvgIpc) is 3.13. The number of benzene rings is 3. The second kappa shape index (κ2) is 21.8. The molecule has 0 unspecified atom stereocenters. The van der Waals surface area contributed by atoms with Crippen molar-refractivity contribution < 1.29 is 53.2 Å². The van der Waals surface area contributed by atoms with Crippen molar-refractivity contribution in [3.63, 3.8) is 0 Å². The van der Waals surface area contributed by atoms with Crippen molar-refractivity contribution in [2.24, 2.45) is 15.5 Å².